The SMILES string of the molecule is CC(C)(C)C1CCN(C(=O)CCCCl)CC1. The summed E-state index contributed by atoms with van der Waals surface area (Å²) in [6, 6.07) is 0. The van der Waals surface area contributed by atoms with Crippen molar-refractivity contribution in [1.29, 1.82) is 0 Å². The number of halogens is 1. The molecule has 2 nitrogen and oxygen atoms in total. The fourth-order valence-electron chi connectivity index (χ4n) is 2.37. The van der Waals surface area contributed by atoms with Crippen LogP contribution in [0.5, 0.6) is 0 Å². The number of piperidine rings is 1. The summed E-state index contributed by atoms with van der Waals surface area (Å²) in [4.78, 5) is 13.8. The lowest BCUT2D eigenvalue weighted by molar-refractivity contribution is -0.133. The second-order valence-corrected chi connectivity index (χ2v) is 6.19. The third kappa shape index (κ3) is 3.97. The van der Waals surface area contributed by atoms with Crippen LogP contribution in [0.1, 0.15) is 46.5 Å². The van der Waals surface area contributed by atoms with Crippen molar-refractivity contribution in [3.05, 3.63) is 0 Å². The van der Waals surface area contributed by atoms with Gasteiger partial charge in [-0.15, -0.1) is 11.6 Å². The molecule has 0 atom stereocenters. The molecule has 0 saturated carbocycles. The molecule has 0 aromatic carbocycles. The Morgan fingerprint density at radius 3 is 2.31 bits per heavy atom. The smallest absolute Gasteiger partial charge is 0.222 e. The molecule has 1 heterocycles. The Labute approximate surface area is 104 Å². The minimum absolute atomic E-state index is 0.285. The Morgan fingerprint density at radius 1 is 1.31 bits per heavy atom. The van der Waals surface area contributed by atoms with Gasteiger partial charge in [0.1, 0.15) is 0 Å². The van der Waals surface area contributed by atoms with E-state index in [0.717, 1.165) is 38.3 Å². The highest BCUT2D eigenvalue weighted by atomic mass is 35.5. The van der Waals surface area contributed by atoms with Crippen molar-refractivity contribution < 1.29 is 4.79 Å². The van der Waals surface area contributed by atoms with Crippen molar-refractivity contribution in [2.24, 2.45) is 11.3 Å². The van der Waals surface area contributed by atoms with Crippen molar-refractivity contribution in [2.75, 3.05) is 19.0 Å². The molecule has 0 N–H and O–H groups in total. The van der Waals surface area contributed by atoms with E-state index in [0.29, 0.717) is 17.7 Å². The molecule has 0 radical (unpaired) electrons. The average molecular weight is 246 g/mol. The predicted octanol–water partition coefficient (Wildman–Crippen LogP) is 3.29. The molecule has 1 amide bonds. The molecule has 1 rings (SSSR count). The van der Waals surface area contributed by atoms with Crippen molar-refractivity contribution in [3.63, 3.8) is 0 Å². The predicted molar refractivity (Wildman–Crippen MR) is 68.7 cm³/mol. The maximum atomic E-state index is 11.8. The van der Waals surface area contributed by atoms with Gasteiger partial charge < -0.3 is 4.90 Å². The number of carbonyl (C=O) groups is 1. The molecule has 0 bridgehead atoms. The molecular weight excluding hydrogens is 222 g/mol. The third-order valence-electron chi connectivity index (χ3n) is 3.60. The molecule has 3 heteroatoms. The van der Waals surface area contributed by atoms with Gasteiger partial charge in [0.25, 0.3) is 0 Å². The molecule has 94 valence electrons. The Hall–Kier alpha value is -0.240. The maximum absolute atomic E-state index is 11.8. The highest BCUT2D eigenvalue weighted by molar-refractivity contribution is 6.17. The number of carbonyl (C=O) groups excluding carboxylic acids is 1. The Kier molecular flexibility index (Phi) is 5.10. The first kappa shape index (κ1) is 13.8. The third-order valence-corrected chi connectivity index (χ3v) is 3.86. The number of nitrogens with zero attached hydrogens (tertiary/aromatic N) is 1. The van der Waals surface area contributed by atoms with E-state index in [1.165, 1.54) is 0 Å². The molecule has 0 unspecified atom stereocenters. The number of hydrogen-bond donors (Lipinski definition) is 0. The summed E-state index contributed by atoms with van der Waals surface area (Å²) in [5.74, 6) is 1.63. The molecule has 16 heavy (non-hydrogen) atoms. The van der Waals surface area contributed by atoms with Crippen LogP contribution < -0.4 is 0 Å². The monoisotopic (exact) mass is 245 g/mol. The minimum atomic E-state index is 0.285. The van der Waals surface area contributed by atoms with Crippen LogP contribution in [0, 0.1) is 11.3 Å². The van der Waals surface area contributed by atoms with E-state index in [4.69, 9.17) is 11.6 Å². The van der Waals surface area contributed by atoms with Gasteiger partial charge in [-0.25, -0.2) is 0 Å². The van der Waals surface area contributed by atoms with Crippen molar-refractivity contribution >= 4 is 17.5 Å². The largest absolute Gasteiger partial charge is 0.343 e. The van der Waals surface area contributed by atoms with Crippen molar-refractivity contribution in [1.82, 2.24) is 4.90 Å². The molecule has 0 spiro atoms. The number of likely N-dealkylation sites (tertiary alicyclic amines) is 1. The molecule has 1 aliphatic rings. The first-order valence-corrected chi connectivity index (χ1v) is 6.82. The van der Waals surface area contributed by atoms with Crippen LogP contribution >= 0.6 is 11.6 Å². The van der Waals surface area contributed by atoms with Crippen LogP contribution in [-0.4, -0.2) is 29.8 Å². The fraction of sp³-hybridized carbons (Fsp3) is 0.923. The van der Waals surface area contributed by atoms with E-state index in [-0.39, 0.29) is 5.91 Å². The number of amides is 1. The van der Waals surface area contributed by atoms with E-state index in [2.05, 4.69) is 20.8 Å². The lowest BCUT2D eigenvalue weighted by atomic mass is 9.75. The van der Waals surface area contributed by atoms with Gasteiger partial charge in [-0.2, -0.15) is 0 Å². The van der Waals surface area contributed by atoms with Gasteiger partial charge in [0.15, 0.2) is 0 Å². The number of alkyl halides is 1. The Morgan fingerprint density at radius 2 is 1.88 bits per heavy atom. The Balaban J connectivity index is 2.34. The van der Waals surface area contributed by atoms with E-state index in [1.54, 1.807) is 0 Å². The summed E-state index contributed by atoms with van der Waals surface area (Å²) < 4.78 is 0. The molecule has 1 fully saturated rings. The van der Waals surface area contributed by atoms with Gasteiger partial charge in [0.2, 0.25) is 5.91 Å². The van der Waals surface area contributed by atoms with Gasteiger partial charge in [0, 0.05) is 25.4 Å². The molecule has 0 aliphatic carbocycles. The quantitative estimate of drug-likeness (QED) is 0.699. The van der Waals surface area contributed by atoms with Crippen LogP contribution in [0.25, 0.3) is 0 Å². The second kappa shape index (κ2) is 5.90. The van der Waals surface area contributed by atoms with Crippen LogP contribution in [-0.2, 0) is 4.79 Å². The fourth-order valence-corrected chi connectivity index (χ4v) is 2.50. The van der Waals surface area contributed by atoms with Gasteiger partial charge in [-0.05, 0) is 30.6 Å². The zero-order valence-corrected chi connectivity index (χ0v) is 11.5. The van der Waals surface area contributed by atoms with Crippen LogP contribution in [0.15, 0.2) is 0 Å². The zero-order chi connectivity index (χ0) is 12.2. The molecular formula is C13H24ClNO. The van der Waals surface area contributed by atoms with E-state index < -0.39 is 0 Å². The van der Waals surface area contributed by atoms with Crippen LogP contribution in [0.3, 0.4) is 0 Å². The second-order valence-electron chi connectivity index (χ2n) is 5.81. The van der Waals surface area contributed by atoms with Crippen molar-refractivity contribution in [2.45, 2.75) is 46.5 Å². The molecule has 1 aliphatic heterocycles. The maximum Gasteiger partial charge on any atom is 0.222 e. The average Bonchev–Trinajstić information content (AvgIpc) is 2.25. The molecule has 1 saturated heterocycles. The van der Waals surface area contributed by atoms with Gasteiger partial charge >= 0.3 is 0 Å². The molecule has 0 aromatic heterocycles. The highest BCUT2D eigenvalue weighted by Crippen LogP contribution is 2.34. The lowest BCUT2D eigenvalue weighted by Crippen LogP contribution is -2.41. The van der Waals surface area contributed by atoms with Gasteiger partial charge in [0.05, 0.1) is 0 Å². The Bertz CT molecular complexity index is 227. The molecule has 0 aromatic rings. The van der Waals surface area contributed by atoms with Gasteiger partial charge in [-0.1, -0.05) is 20.8 Å². The summed E-state index contributed by atoms with van der Waals surface area (Å²) in [6.07, 6.45) is 3.72. The van der Waals surface area contributed by atoms with Crippen molar-refractivity contribution in [3.8, 4) is 0 Å². The minimum Gasteiger partial charge on any atom is -0.343 e. The standard InChI is InChI=1S/C13H24ClNO/c1-13(2,3)11-6-9-15(10-7-11)12(16)5-4-8-14/h11H,4-10H2,1-3H3. The summed E-state index contributed by atoms with van der Waals surface area (Å²) in [5.41, 5.74) is 0.380. The van der Waals surface area contributed by atoms with Gasteiger partial charge in [-0.3, -0.25) is 4.79 Å². The van der Waals surface area contributed by atoms with Crippen LogP contribution in [0.2, 0.25) is 0 Å². The van der Waals surface area contributed by atoms with E-state index in [9.17, 15) is 4.79 Å². The normalized spacial score (nSPS) is 18.9. The number of rotatable bonds is 3. The summed E-state index contributed by atoms with van der Waals surface area (Å²) >= 11 is 5.60. The summed E-state index contributed by atoms with van der Waals surface area (Å²) in [6.45, 7) is 8.75. The lowest BCUT2D eigenvalue weighted by Gasteiger charge is -2.38. The first-order chi connectivity index (χ1) is 7.45. The first-order valence-electron chi connectivity index (χ1n) is 6.29. The summed E-state index contributed by atoms with van der Waals surface area (Å²) in [7, 11) is 0. The van der Waals surface area contributed by atoms with Crippen LogP contribution in [0.4, 0.5) is 0 Å². The topological polar surface area (TPSA) is 20.3 Å². The number of hydrogen-bond acceptors (Lipinski definition) is 1. The van der Waals surface area contributed by atoms with E-state index in [1.807, 2.05) is 4.90 Å². The van der Waals surface area contributed by atoms with E-state index >= 15 is 0 Å². The zero-order valence-electron chi connectivity index (χ0n) is 10.8. The highest BCUT2D eigenvalue weighted by Gasteiger charge is 2.29. The summed E-state index contributed by atoms with van der Waals surface area (Å²) in [5, 5.41) is 0.